The Kier molecular flexibility index (Phi) is 5.60. The normalized spacial score (nSPS) is 10.9. The Balaban J connectivity index is 1.96. The molecule has 0 atom stereocenters. The van der Waals surface area contributed by atoms with Crippen LogP contribution in [0.25, 0.3) is 5.52 Å². The summed E-state index contributed by atoms with van der Waals surface area (Å²) in [6.07, 6.45) is 3.69. The molecule has 0 bridgehead atoms. The zero-order chi connectivity index (χ0) is 19.4. The predicted octanol–water partition coefficient (Wildman–Crippen LogP) is 3.95. The average molecular weight is 364 g/mol. The maximum absolute atomic E-state index is 13.2. The van der Waals surface area contributed by atoms with Crippen molar-refractivity contribution in [3.05, 3.63) is 71.0 Å². The molecule has 0 saturated carbocycles. The van der Waals surface area contributed by atoms with E-state index in [1.54, 1.807) is 31.2 Å². The quantitative estimate of drug-likeness (QED) is 0.391. The van der Waals surface area contributed by atoms with Gasteiger partial charge in [-0.25, -0.2) is 0 Å². The van der Waals surface area contributed by atoms with Crippen LogP contribution in [0.4, 0.5) is 5.69 Å². The highest BCUT2D eigenvalue weighted by molar-refractivity contribution is 6.14. The standard InChI is InChI=1S/C22H24N2O3/c1-3-27-20(25)12-7-11-18-15(2)21(19-10-4-5-13-24(18)19)22(26)16-8-6-9-17(23)14-16/h4-6,8-10,13-14H,3,7,11-12,23H2,1-2H3. The van der Waals surface area contributed by atoms with Gasteiger partial charge in [-0.3, -0.25) is 9.59 Å². The lowest BCUT2D eigenvalue weighted by Crippen LogP contribution is -2.05. The van der Waals surface area contributed by atoms with E-state index in [0.29, 0.717) is 42.7 Å². The van der Waals surface area contributed by atoms with Crippen LogP contribution >= 0.6 is 0 Å². The van der Waals surface area contributed by atoms with Crippen LogP contribution in [-0.4, -0.2) is 22.8 Å². The molecule has 1 aromatic carbocycles. The molecule has 0 aliphatic rings. The number of hydrogen-bond acceptors (Lipinski definition) is 4. The number of carbonyl (C=O) groups excluding carboxylic acids is 2. The Labute approximate surface area is 158 Å². The first-order chi connectivity index (χ1) is 13.0. The number of nitrogens with zero attached hydrogens (tertiary/aromatic N) is 1. The molecule has 27 heavy (non-hydrogen) atoms. The number of rotatable bonds is 7. The maximum atomic E-state index is 13.2. The van der Waals surface area contributed by atoms with Crippen LogP contribution < -0.4 is 5.73 Å². The molecule has 0 unspecified atom stereocenters. The molecular formula is C22H24N2O3. The van der Waals surface area contributed by atoms with E-state index in [0.717, 1.165) is 16.8 Å². The fourth-order valence-electron chi connectivity index (χ4n) is 3.45. The van der Waals surface area contributed by atoms with Gasteiger partial charge in [0.25, 0.3) is 0 Å². The summed E-state index contributed by atoms with van der Waals surface area (Å²) in [5.74, 6) is -0.229. The van der Waals surface area contributed by atoms with Crippen LogP contribution in [0.5, 0.6) is 0 Å². The van der Waals surface area contributed by atoms with Crippen molar-refractivity contribution in [1.82, 2.24) is 4.40 Å². The second-order valence-corrected chi connectivity index (χ2v) is 6.52. The molecular weight excluding hydrogens is 340 g/mol. The molecule has 0 radical (unpaired) electrons. The summed E-state index contributed by atoms with van der Waals surface area (Å²) in [7, 11) is 0. The van der Waals surface area contributed by atoms with Crippen LogP contribution in [0.1, 0.15) is 46.9 Å². The van der Waals surface area contributed by atoms with E-state index in [9.17, 15) is 9.59 Å². The zero-order valence-electron chi connectivity index (χ0n) is 15.7. The second kappa shape index (κ2) is 8.08. The highest BCUT2D eigenvalue weighted by Gasteiger charge is 2.21. The highest BCUT2D eigenvalue weighted by atomic mass is 16.5. The minimum Gasteiger partial charge on any atom is -0.466 e. The van der Waals surface area contributed by atoms with Gasteiger partial charge < -0.3 is 14.9 Å². The number of carbonyl (C=O) groups is 2. The van der Waals surface area contributed by atoms with Crippen molar-refractivity contribution in [3.63, 3.8) is 0 Å². The van der Waals surface area contributed by atoms with Crippen LogP contribution in [0.15, 0.2) is 48.7 Å². The zero-order valence-corrected chi connectivity index (χ0v) is 15.7. The molecule has 5 heteroatoms. The largest absolute Gasteiger partial charge is 0.466 e. The number of ketones is 1. The summed E-state index contributed by atoms with van der Waals surface area (Å²) >= 11 is 0. The third-order valence-corrected chi connectivity index (χ3v) is 4.69. The van der Waals surface area contributed by atoms with Crippen molar-refractivity contribution in [2.45, 2.75) is 33.1 Å². The number of benzene rings is 1. The highest BCUT2D eigenvalue weighted by Crippen LogP contribution is 2.27. The monoisotopic (exact) mass is 364 g/mol. The first-order valence-electron chi connectivity index (χ1n) is 9.17. The molecule has 0 aliphatic carbocycles. The van der Waals surface area contributed by atoms with Gasteiger partial charge in [0.1, 0.15) is 0 Å². The lowest BCUT2D eigenvalue weighted by molar-refractivity contribution is -0.143. The molecule has 140 valence electrons. The Morgan fingerprint density at radius 2 is 1.96 bits per heavy atom. The van der Waals surface area contributed by atoms with Crippen LogP contribution in [-0.2, 0) is 16.0 Å². The first-order valence-corrected chi connectivity index (χ1v) is 9.17. The van der Waals surface area contributed by atoms with Gasteiger partial charge in [0.05, 0.1) is 17.7 Å². The van der Waals surface area contributed by atoms with Gasteiger partial charge in [0.15, 0.2) is 5.78 Å². The summed E-state index contributed by atoms with van der Waals surface area (Å²) in [5, 5.41) is 0. The Bertz CT molecular complexity index is 988. The van der Waals surface area contributed by atoms with Gasteiger partial charge >= 0.3 is 5.97 Å². The van der Waals surface area contributed by atoms with E-state index in [1.807, 2.05) is 35.7 Å². The molecule has 0 spiro atoms. The molecule has 2 heterocycles. The second-order valence-electron chi connectivity index (χ2n) is 6.52. The van der Waals surface area contributed by atoms with E-state index in [2.05, 4.69) is 0 Å². The average Bonchev–Trinajstić information content (AvgIpc) is 2.93. The number of fused-ring (bicyclic) bond motifs is 1. The molecule has 0 fully saturated rings. The lowest BCUT2D eigenvalue weighted by Gasteiger charge is -2.05. The van der Waals surface area contributed by atoms with E-state index < -0.39 is 0 Å². The summed E-state index contributed by atoms with van der Waals surface area (Å²) in [5.41, 5.74) is 10.5. The third kappa shape index (κ3) is 3.87. The summed E-state index contributed by atoms with van der Waals surface area (Å²) in [6, 6.07) is 12.9. The van der Waals surface area contributed by atoms with Crippen molar-refractivity contribution in [2.75, 3.05) is 12.3 Å². The third-order valence-electron chi connectivity index (χ3n) is 4.69. The van der Waals surface area contributed by atoms with Gasteiger partial charge in [0.2, 0.25) is 0 Å². The fourth-order valence-corrected chi connectivity index (χ4v) is 3.45. The number of anilines is 1. The van der Waals surface area contributed by atoms with Crippen LogP contribution in [0.3, 0.4) is 0 Å². The lowest BCUT2D eigenvalue weighted by atomic mass is 9.99. The van der Waals surface area contributed by atoms with Gasteiger partial charge in [0, 0.05) is 29.6 Å². The van der Waals surface area contributed by atoms with Crippen LogP contribution in [0, 0.1) is 6.92 Å². The topological polar surface area (TPSA) is 73.8 Å². The number of aryl methyl sites for hydroxylation is 1. The molecule has 3 aromatic rings. The minimum absolute atomic E-state index is 0.0415. The number of ether oxygens (including phenoxy) is 1. The molecule has 5 nitrogen and oxygen atoms in total. The van der Waals surface area contributed by atoms with Crippen molar-refractivity contribution in [3.8, 4) is 0 Å². The smallest absolute Gasteiger partial charge is 0.305 e. The molecule has 0 amide bonds. The van der Waals surface area contributed by atoms with Crippen molar-refractivity contribution >= 4 is 23.0 Å². The Hall–Kier alpha value is -3.08. The van der Waals surface area contributed by atoms with Crippen LogP contribution in [0.2, 0.25) is 0 Å². The number of nitrogens with two attached hydrogens (primary N) is 1. The van der Waals surface area contributed by atoms with Gasteiger partial charge in [-0.05, 0) is 56.5 Å². The minimum atomic E-state index is -0.188. The predicted molar refractivity (Wildman–Crippen MR) is 106 cm³/mol. The number of nitrogen functional groups attached to an aromatic ring is 1. The molecule has 0 saturated heterocycles. The molecule has 0 aliphatic heterocycles. The number of esters is 1. The summed E-state index contributed by atoms with van der Waals surface area (Å²) in [6.45, 7) is 4.16. The Morgan fingerprint density at radius 3 is 2.70 bits per heavy atom. The van der Waals surface area contributed by atoms with Crippen molar-refractivity contribution in [1.29, 1.82) is 0 Å². The molecule has 2 N–H and O–H groups in total. The van der Waals surface area contributed by atoms with E-state index in [-0.39, 0.29) is 11.8 Å². The van der Waals surface area contributed by atoms with Crippen molar-refractivity contribution < 1.29 is 14.3 Å². The SMILES string of the molecule is CCOC(=O)CCCc1c(C)c(C(=O)c2cccc(N)c2)c2ccccn12. The van der Waals surface area contributed by atoms with E-state index in [4.69, 9.17) is 10.5 Å². The van der Waals surface area contributed by atoms with Crippen molar-refractivity contribution in [2.24, 2.45) is 0 Å². The van der Waals surface area contributed by atoms with Gasteiger partial charge in [-0.15, -0.1) is 0 Å². The maximum Gasteiger partial charge on any atom is 0.305 e. The number of aromatic nitrogens is 1. The number of pyridine rings is 1. The summed E-state index contributed by atoms with van der Waals surface area (Å²) in [4.78, 5) is 24.8. The van der Waals surface area contributed by atoms with E-state index in [1.165, 1.54) is 0 Å². The molecule has 2 aromatic heterocycles. The van der Waals surface area contributed by atoms with Gasteiger partial charge in [-0.2, -0.15) is 0 Å². The van der Waals surface area contributed by atoms with E-state index >= 15 is 0 Å². The number of hydrogen-bond donors (Lipinski definition) is 1. The Morgan fingerprint density at radius 1 is 1.15 bits per heavy atom. The summed E-state index contributed by atoms with van der Waals surface area (Å²) < 4.78 is 7.04. The fraction of sp³-hybridized carbons (Fsp3) is 0.273. The molecule has 3 rings (SSSR count). The first kappa shape index (κ1) is 18.7. The van der Waals surface area contributed by atoms with Gasteiger partial charge in [-0.1, -0.05) is 18.2 Å².